The SMILES string of the molecule is O=C(C1CCCN(c2ncccn2)C1)N1CCCN(c2nc3ccccc3[nH]2)CC1. The van der Waals surface area contributed by atoms with Gasteiger partial charge in [-0.15, -0.1) is 0 Å². The fourth-order valence-electron chi connectivity index (χ4n) is 4.51. The van der Waals surface area contributed by atoms with Gasteiger partial charge in [0.25, 0.3) is 0 Å². The average molecular weight is 406 g/mol. The van der Waals surface area contributed by atoms with Crippen LogP contribution < -0.4 is 9.80 Å². The van der Waals surface area contributed by atoms with Gasteiger partial charge in [-0.25, -0.2) is 15.0 Å². The summed E-state index contributed by atoms with van der Waals surface area (Å²) in [4.78, 5) is 36.6. The second-order valence-corrected chi connectivity index (χ2v) is 8.08. The van der Waals surface area contributed by atoms with Crippen molar-refractivity contribution < 1.29 is 4.79 Å². The highest BCUT2D eigenvalue weighted by Gasteiger charge is 2.31. The zero-order chi connectivity index (χ0) is 20.3. The van der Waals surface area contributed by atoms with Crippen LogP contribution in [0.1, 0.15) is 19.3 Å². The summed E-state index contributed by atoms with van der Waals surface area (Å²) >= 11 is 0. The number of fused-ring (bicyclic) bond motifs is 1. The van der Waals surface area contributed by atoms with E-state index in [-0.39, 0.29) is 11.8 Å². The first-order valence-electron chi connectivity index (χ1n) is 10.8. The van der Waals surface area contributed by atoms with Crippen LogP contribution in [0.15, 0.2) is 42.7 Å². The predicted octanol–water partition coefficient (Wildman–Crippen LogP) is 2.31. The number of aromatic amines is 1. The molecule has 2 aliphatic heterocycles. The predicted molar refractivity (Wildman–Crippen MR) is 116 cm³/mol. The molecular weight excluding hydrogens is 378 g/mol. The van der Waals surface area contributed by atoms with Crippen molar-refractivity contribution in [1.29, 1.82) is 0 Å². The number of imidazole rings is 1. The Labute approximate surface area is 175 Å². The zero-order valence-electron chi connectivity index (χ0n) is 17.1. The van der Waals surface area contributed by atoms with Crippen molar-refractivity contribution in [3.05, 3.63) is 42.7 Å². The van der Waals surface area contributed by atoms with E-state index in [1.54, 1.807) is 12.4 Å². The molecule has 1 atom stereocenters. The number of amides is 1. The van der Waals surface area contributed by atoms with E-state index in [4.69, 9.17) is 4.98 Å². The molecule has 8 nitrogen and oxygen atoms in total. The van der Waals surface area contributed by atoms with Gasteiger partial charge in [0.05, 0.1) is 17.0 Å². The smallest absolute Gasteiger partial charge is 0.227 e. The number of H-pyrrole nitrogens is 1. The summed E-state index contributed by atoms with van der Waals surface area (Å²) in [6, 6.07) is 9.91. The fraction of sp³-hybridized carbons (Fsp3) is 0.455. The first-order chi connectivity index (χ1) is 14.8. The van der Waals surface area contributed by atoms with Crippen molar-refractivity contribution in [2.75, 3.05) is 49.1 Å². The maximum Gasteiger partial charge on any atom is 0.227 e. The minimum Gasteiger partial charge on any atom is -0.341 e. The number of aromatic nitrogens is 4. The number of hydrogen-bond donors (Lipinski definition) is 1. The Morgan fingerprint density at radius 2 is 1.77 bits per heavy atom. The number of hydrogen-bond acceptors (Lipinski definition) is 6. The van der Waals surface area contributed by atoms with Gasteiger partial charge >= 0.3 is 0 Å². The molecule has 1 N–H and O–H groups in total. The molecule has 2 saturated heterocycles. The van der Waals surface area contributed by atoms with E-state index < -0.39 is 0 Å². The number of nitrogens with zero attached hydrogens (tertiary/aromatic N) is 6. The zero-order valence-corrected chi connectivity index (χ0v) is 17.1. The van der Waals surface area contributed by atoms with Crippen molar-refractivity contribution in [2.24, 2.45) is 5.92 Å². The van der Waals surface area contributed by atoms with Gasteiger partial charge in [0.1, 0.15) is 0 Å². The van der Waals surface area contributed by atoms with Crippen molar-refractivity contribution in [3.63, 3.8) is 0 Å². The molecule has 2 fully saturated rings. The number of piperidine rings is 1. The molecule has 4 heterocycles. The quantitative estimate of drug-likeness (QED) is 0.720. The van der Waals surface area contributed by atoms with E-state index >= 15 is 0 Å². The molecule has 30 heavy (non-hydrogen) atoms. The first kappa shape index (κ1) is 18.8. The highest BCUT2D eigenvalue weighted by Crippen LogP contribution is 2.23. The van der Waals surface area contributed by atoms with E-state index in [1.807, 2.05) is 35.2 Å². The van der Waals surface area contributed by atoms with E-state index in [0.717, 1.165) is 74.9 Å². The highest BCUT2D eigenvalue weighted by atomic mass is 16.2. The number of para-hydroxylation sites is 2. The molecule has 0 bridgehead atoms. The third kappa shape index (κ3) is 3.81. The van der Waals surface area contributed by atoms with E-state index in [2.05, 4.69) is 24.8 Å². The topological polar surface area (TPSA) is 81.2 Å². The van der Waals surface area contributed by atoms with Crippen LogP contribution in [0.25, 0.3) is 11.0 Å². The Bertz CT molecular complexity index is 972. The largest absolute Gasteiger partial charge is 0.341 e. The minimum absolute atomic E-state index is 0.0142. The van der Waals surface area contributed by atoms with E-state index in [0.29, 0.717) is 6.54 Å². The van der Waals surface area contributed by atoms with Gasteiger partial charge < -0.3 is 19.7 Å². The summed E-state index contributed by atoms with van der Waals surface area (Å²) in [5.41, 5.74) is 2.03. The van der Waals surface area contributed by atoms with Gasteiger partial charge in [-0.2, -0.15) is 0 Å². The molecule has 0 radical (unpaired) electrons. The molecule has 8 heteroatoms. The number of carbonyl (C=O) groups excluding carboxylic acids is 1. The molecule has 1 amide bonds. The maximum absolute atomic E-state index is 13.3. The maximum atomic E-state index is 13.3. The van der Waals surface area contributed by atoms with Gasteiger partial charge in [0.15, 0.2) is 0 Å². The van der Waals surface area contributed by atoms with Crippen molar-refractivity contribution in [1.82, 2.24) is 24.8 Å². The van der Waals surface area contributed by atoms with Gasteiger partial charge in [0.2, 0.25) is 17.8 Å². The molecule has 2 aromatic heterocycles. The third-order valence-corrected chi connectivity index (χ3v) is 6.09. The first-order valence-corrected chi connectivity index (χ1v) is 10.8. The van der Waals surface area contributed by atoms with E-state index in [1.165, 1.54) is 0 Å². The average Bonchev–Trinajstić information content (AvgIpc) is 3.09. The Balaban J connectivity index is 1.23. The molecule has 156 valence electrons. The Hall–Kier alpha value is -3.16. The summed E-state index contributed by atoms with van der Waals surface area (Å²) < 4.78 is 0. The Kier molecular flexibility index (Phi) is 5.21. The third-order valence-electron chi connectivity index (χ3n) is 6.09. The van der Waals surface area contributed by atoms with E-state index in [9.17, 15) is 4.79 Å². The van der Waals surface area contributed by atoms with Crippen LogP contribution in [-0.4, -0.2) is 70.0 Å². The van der Waals surface area contributed by atoms with Gasteiger partial charge in [-0.05, 0) is 37.5 Å². The Morgan fingerprint density at radius 3 is 2.63 bits per heavy atom. The number of rotatable bonds is 3. The van der Waals surface area contributed by atoms with Crippen molar-refractivity contribution in [3.8, 4) is 0 Å². The van der Waals surface area contributed by atoms with Gasteiger partial charge in [-0.3, -0.25) is 4.79 Å². The number of carbonyl (C=O) groups is 1. The normalized spacial score (nSPS) is 20.4. The number of anilines is 2. The lowest BCUT2D eigenvalue weighted by atomic mass is 9.96. The molecule has 1 aromatic carbocycles. The lowest BCUT2D eigenvalue weighted by molar-refractivity contribution is -0.135. The summed E-state index contributed by atoms with van der Waals surface area (Å²) in [7, 11) is 0. The van der Waals surface area contributed by atoms with Crippen LogP contribution in [0.5, 0.6) is 0 Å². The second kappa shape index (κ2) is 8.30. The van der Waals surface area contributed by atoms with Crippen LogP contribution in [0, 0.1) is 5.92 Å². The summed E-state index contributed by atoms with van der Waals surface area (Å²) in [6.07, 6.45) is 6.39. The summed E-state index contributed by atoms with van der Waals surface area (Å²) in [6.45, 7) is 4.84. The lowest BCUT2D eigenvalue weighted by Gasteiger charge is -2.34. The lowest BCUT2D eigenvalue weighted by Crippen LogP contribution is -2.46. The van der Waals surface area contributed by atoms with Crippen LogP contribution >= 0.6 is 0 Å². The van der Waals surface area contributed by atoms with Crippen LogP contribution in [0.3, 0.4) is 0 Å². The molecule has 2 aliphatic rings. The van der Waals surface area contributed by atoms with Crippen molar-refractivity contribution >= 4 is 28.8 Å². The number of nitrogens with one attached hydrogen (secondary N) is 1. The Morgan fingerprint density at radius 1 is 0.933 bits per heavy atom. The van der Waals surface area contributed by atoms with Gasteiger partial charge in [0, 0.05) is 51.7 Å². The fourth-order valence-corrected chi connectivity index (χ4v) is 4.51. The monoisotopic (exact) mass is 405 g/mol. The highest BCUT2D eigenvalue weighted by molar-refractivity contribution is 5.80. The minimum atomic E-state index is 0.0142. The number of benzene rings is 1. The molecule has 0 spiro atoms. The molecule has 3 aromatic rings. The van der Waals surface area contributed by atoms with Crippen LogP contribution in [0.2, 0.25) is 0 Å². The second-order valence-electron chi connectivity index (χ2n) is 8.08. The van der Waals surface area contributed by atoms with Crippen LogP contribution in [0.4, 0.5) is 11.9 Å². The summed E-state index contributed by atoms with van der Waals surface area (Å²) in [5, 5.41) is 0. The molecular formula is C22H27N7O. The van der Waals surface area contributed by atoms with Crippen molar-refractivity contribution in [2.45, 2.75) is 19.3 Å². The molecule has 0 aliphatic carbocycles. The molecule has 1 unspecified atom stereocenters. The molecule has 5 rings (SSSR count). The molecule has 0 saturated carbocycles. The van der Waals surface area contributed by atoms with Crippen LogP contribution in [-0.2, 0) is 4.79 Å². The van der Waals surface area contributed by atoms with Gasteiger partial charge in [-0.1, -0.05) is 12.1 Å². The standard InChI is InChI=1S/C22H27N7O/c30-20(17-6-3-11-29(16-17)21-23-9-4-10-24-21)27-12-5-13-28(15-14-27)22-25-18-7-1-2-8-19(18)26-22/h1-2,4,7-10,17H,3,5-6,11-16H2,(H,25,26). The summed E-state index contributed by atoms with van der Waals surface area (Å²) in [5.74, 6) is 1.90.